The van der Waals surface area contributed by atoms with Gasteiger partial charge in [-0.1, -0.05) is 18.2 Å². The van der Waals surface area contributed by atoms with Gasteiger partial charge in [0.2, 0.25) is 5.91 Å². The molecule has 0 spiro atoms. The second-order valence-corrected chi connectivity index (χ2v) is 5.32. The summed E-state index contributed by atoms with van der Waals surface area (Å²) in [5.41, 5.74) is 6.09. The van der Waals surface area contributed by atoms with E-state index in [9.17, 15) is 4.79 Å². The first-order chi connectivity index (χ1) is 9.53. The maximum Gasteiger partial charge on any atom is 0.237 e. The molecule has 0 saturated heterocycles. The molecule has 20 heavy (non-hydrogen) atoms. The smallest absolute Gasteiger partial charge is 0.237 e. The molecule has 3 N–H and O–H groups in total. The minimum absolute atomic E-state index is 0.282. The summed E-state index contributed by atoms with van der Waals surface area (Å²) in [5.74, 6) is -0.282. The molecular formula is C16H27N3O. The van der Waals surface area contributed by atoms with Crippen molar-refractivity contribution in [1.82, 2.24) is 5.32 Å². The zero-order valence-corrected chi connectivity index (χ0v) is 12.9. The minimum Gasteiger partial charge on any atom is -0.372 e. The molecule has 0 aliphatic carbocycles. The summed E-state index contributed by atoms with van der Waals surface area (Å²) in [6.45, 7) is 6.01. The van der Waals surface area contributed by atoms with Crippen molar-refractivity contribution < 1.29 is 4.79 Å². The molecule has 1 aromatic rings. The number of amides is 1. The fraction of sp³-hybridized carbons (Fsp3) is 0.562. The van der Waals surface area contributed by atoms with Gasteiger partial charge < -0.3 is 16.0 Å². The zero-order chi connectivity index (χ0) is 15.0. The number of hydrogen-bond acceptors (Lipinski definition) is 3. The molecule has 0 aliphatic heterocycles. The van der Waals surface area contributed by atoms with Gasteiger partial charge >= 0.3 is 0 Å². The van der Waals surface area contributed by atoms with E-state index < -0.39 is 5.54 Å². The number of likely N-dealkylation sites (N-methyl/N-ethyl adjacent to an activating group) is 1. The highest BCUT2D eigenvalue weighted by Crippen LogP contribution is 2.16. The number of nitrogens with zero attached hydrogens (tertiary/aromatic N) is 1. The number of carbonyl (C=O) groups is 1. The van der Waals surface area contributed by atoms with Crippen LogP contribution >= 0.6 is 0 Å². The largest absolute Gasteiger partial charge is 0.372 e. The normalized spacial score (nSPS) is 13.8. The molecule has 0 saturated carbocycles. The topological polar surface area (TPSA) is 58.4 Å². The number of primary amides is 1. The molecule has 1 unspecified atom stereocenters. The standard InChI is InChI=1S/C16H27N3O/c1-4-19(14-10-6-5-7-11-14)13-9-8-12-16(2,18-3)15(17)20/h5-7,10-11,18H,4,8-9,12-13H2,1-3H3,(H2,17,20). The SMILES string of the molecule is CCN(CCCCC(C)(NC)C(N)=O)c1ccccc1. The molecule has 1 atom stereocenters. The van der Waals surface area contributed by atoms with Gasteiger partial charge in [-0.05, 0) is 52.3 Å². The highest BCUT2D eigenvalue weighted by molar-refractivity contribution is 5.84. The van der Waals surface area contributed by atoms with Gasteiger partial charge in [0.05, 0.1) is 5.54 Å². The fourth-order valence-corrected chi connectivity index (χ4v) is 2.26. The first-order valence-electron chi connectivity index (χ1n) is 7.32. The van der Waals surface area contributed by atoms with Gasteiger partial charge in [0.25, 0.3) is 0 Å². The molecule has 0 fully saturated rings. The van der Waals surface area contributed by atoms with E-state index in [2.05, 4.69) is 41.4 Å². The summed E-state index contributed by atoms with van der Waals surface area (Å²) >= 11 is 0. The summed E-state index contributed by atoms with van der Waals surface area (Å²) in [5, 5.41) is 3.02. The van der Waals surface area contributed by atoms with Crippen LogP contribution in [0.5, 0.6) is 0 Å². The molecule has 0 radical (unpaired) electrons. The Bertz CT molecular complexity index is 407. The first kappa shape index (κ1) is 16.5. The van der Waals surface area contributed by atoms with Gasteiger partial charge in [-0.2, -0.15) is 0 Å². The number of hydrogen-bond donors (Lipinski definition) is 2. The number of rotatable bonds is 9. The number of para-hydroxylation sites is 1. The molecule has 1 aromatic carbocycles. The summed E-state index contributed by atoms with van der Waals surface area (Å²) in [4.78, 5) is 13.8. The molecule has 0 aliphatic rings. The Balaban J connectivity index is 2.41. The molecule has 4 heteroatoms. The van der Waals surface area contributed by atoms with Crippen LogP contribution in [0, 0.1) is 0 Å². The summed E-state index contributed by atoms with van der Waals surface area (Å²) < 4.78 is 0. The maximum absolute atomic E-state index is 11.4. The number of carbonyl (C=O) groups excluding carboxylic acids is 1. The monoisotopic (exact) mass is 277 g/mol. The zero-order valence-electron chi connectivity index (χ0n) is 12.9. The lowest BCUT2D eigenvalue weighted by Crippen LogP contribution is -2.51. The second kappa shape index (κ2) is 7.90. The van der Waals surface area contributed by atoms with Crippen molar-refractivity contribution in [2.75, 3.05) is 25.0 Å². The average molecular weight is 277 g/mol. The van der Waals surface area contributed by atoms with E-state index in [4.69, 9.17) is 5.73 Å². The highest BCUT2D eigenvalue weighted by Gasteiger charge is 2.27. The third-order valence-corrected chi connectivity index (χ3v) is 3.95. The lowest BCUT2D eigenvalue weighted by Gasteiger charge is -2.27. The maximum atomic E-state index is 11.4. The van der Waals surface area contributed by atoms with Gasteiger partial charge in [-0.15, -0.1) is 0 Å². The number of unbranched alkanes of at least 4 members (excludes halogenated alkanes) is 1. The Hall–Kier alpha value is -1.55. The van der Waals surface area contributed by atoms with E-state index in [1.807, 2.05) is 13.0 Å². The number of benzene rings is 1. The van der Waals surface area contributed by atoms with Crippen LogP contribution in [0.2, 0.25) is 0 Å². The van der Waals surface area contributed by atoms with Gasteiger partial charge in [0, 0.05) is 18.8 Å². The van der Waals surface area contributed by atoms with Crippen LogP contribution in [0.15, 0.2) is 30.3 Å². The van der Waals surface area contributed by atoms with Gasteiger partial charge in [-0.25, -0.2) is 0 Å². The Labute approximate surface area is 122 Å². The summed E-state index contributed by atoms with van der Waals surface area (Å²) in [6, 6.07) is 10.4. The lowest BCUT2D eigenvalue weighted by atomic mass is 9.94. The van der Waals surface area contributed by atoms with Crippen LogP contribution in [-0.2, 0) is 4.79 Å². The Morgan fingerprint density at radius 1 is 1.30 bits per heavy atom. The van der Waals surface area contributed by atoms with Crippen LogP contribution in [0.4, 0.5) is 5.69 Å². The first-order valence-corrected chi connectivity index (χ1v) is 7.32. The summed E-state index contributed by atoms with van der Waals surface area (Å²) in [6.07, 6.45) is 2.79. The van der Waals surface area contributed by atoms with Crippen molar-refractivity contribution in [2.24, 2.45) is 5.73 Å². The predicted molar refractivity (Wildman–Crippen MR) is 84.8 cm³/mol. The molecule has 1 amide bonds. The Kier molecular flexibility index (Phi) is 6.52. The van der Waals surface area contributed by atoms with Crippen molar-refractivity contribution in [3.63, 3.8) is 0 Å². The minimum atomic E-state index is -0.593. The van der Waals surface area contributed by atoms with E-state index in [1.165, 1.54) is 5.69 Å². The second-order valence-electron chi connectivity index (χ2n) is 5.32. The molecule has 0 heterocycles. The van der Waals surface area contributed by atoms with Crippen LogP contribution in [-0.4, -0.2) is 31.6 Å². The van der Waals surface area contributed by atoms with Crippen LogP contribution in [0.1, 0.15) is 33.1 Å². The van der Waals surface area contributed by atoms with Crippen molar-refractivity contribution in [1.29, 1.82) is 0 Å². The van der Waals surface area contributed by atoms with Gasteiger partial charge in [0.15, 0.2) is 0 Å². The van der Waals surface area contributed by atoms with E-state index in [0.29, 0.717) is 0 Å². The Morgan fingerprint density at radius 2 is 1.95 bits per heavy atom. The third kappa shape index (κ3) is 4.53. The fourth-order valence-electron chi connectivity index (χ4n) is 2.26. The van der Waals surface area contributed by atoms with Crippen LogP contribution in [0.25, 0.3) is 0 Å². The van der Waals surface area contributed by atoms with E-state index in [-0.39, 0.29) is 5.91 Å². The molecule has 0 bridgehead atoms. The van der Waals surface area contributed by atoms with Crippen LogP contribution < -0.4 is 16.0 Å². The van der Waals surface area contributed by atoms with Crippen molar-refractivity contribution in [3.05, 3.63) is 30.3 Å². The Morgan fingerprint density at radius 3 is 2.45 bits per heavy atom. The highest BCUT2D eigenvalue weighted by atomic mass is 16.1. The lowest BCUT2D eigenvalue weighted by molar-refractivity contribution is -0.123. The van der Waals surface area contributed by atoms with Gasteiger partial charge in [0.1, 0.15) is 0 Å². The molecule has 0 aromatic heterocycles. The predicted octanol–water partition coefficient (Wildman–Crippen LogP) is 2.15. The van der Waals surface area contributed by atoms with E-state index in [0.717, 1.165) is 32.4 Å². The van der Waals surface area contributed by atoms with Crippen molar-refractivity contribution in [3.8, 4) is 0 Å². The van der Waals surface area contributed by atoms with Crippen molar-refractivity contribution >= 4 is 11.6 Å². The third-order valence-electron chi connectivity index (χ3n) is 3.95. The molecule has 112 valence electrons. The number of nitrogens with two attached hydrogens (primary N) is 1. The van der Waals surface area contributed by atoms with Crippen molar-refractivity contribution in [2.45, 2.75) is 38.6 Å². The molecule has 4 nitrogen and oxygen atoms in total. The van der Waals surface area contributed by atoms with E-state index in [1.54, 1.807) is 7.05 Å². The number of nitrogens with one attached hydrogen (secondary N) is 1. The number of anilines is 1. The summed E-state index contributed by atoms with van der Waals surface area (Å²) in [7, 11) is 1.78. The molecule has 1 rings (SSSR count). The quantitative estimate of drug-likeness (QED) is 0.680. The van der Waals surface area contributed by atoms with Crippen LogP contribution in [0.3, 0.4) is 0 Å². The molecular weight excluding hydrogens is 250 g/mol. The average Bonchev–Trinajstić information content (AvgIpc) is 2.47. The van der Waals surface area contributed by atoms with E-state index >= 15 is 0 Å². The van der Waals surface area contributed by atoms with Gasteiger partial charge in [-0.3, -0.25) is 4.79 Å².